The molecule has 16 heavy (non-hydrogen) atoms. The van der Waals surface area contributed by atoms with Crippen LogP contribution in [0.25, 0.3) is 0 Å². The zero-order chi connectivity index (χ0) is 12.0. The molecule has 0 unspecified atom stereocenters. The highest BCUT2D eigenvalue weighted by Crippen LogP contribution is 2.06. The van der Waals surface area contributed by atoms with E-state index >= 15 is 0 Å². The summed E-state index contributed by atoms with van der Waals surface area (Å²) in [6, 6.07) is 3.64. The molecular formula is C10H15N2O4+. The van der Waals surface area contributed by atoms with Crippen molar-refractivity contribution in [1.29, 1.82) is 0 Å². The van der Waals surface area contributed by atoms with E-state index in [2.05, 4.69) is 10.1 Å². The standard InChI is InChI=1S/C10H14N2O4/c1-7(8-4-3-5-16-8)11-6-9(13)12-10(14)15-2/h3-5,7,11H,6H2,1-2H3,(H,12,13,14)/p+1/t7-/m0/s1. The Morgan fingerprint density at radius 2 is 2.38 bits per heavy atom. The van der Waals surface area contributed by atoms with Crippen molar-refractivity contribution in [2.75, 3.05) is 13.7 Å². The molecular weight excluding hydrogens is 212 g/mol. The zero-order valence-electron chi connectivity index (χ0n) is 9.23. The summed E-state index contributed by atoms with van der Waals surface area (Å²) in [5, 5.41) is 3.83. The number of alkyl carbamates (subject to hydrolysis) is 1. The third-order valence-electron chi connectivity index (χ3n) is 2.08. The highest BCUT2D eigenvalue weighted by Gasteiger charge is 2.14. The molecule has 3 N–H and O–H groups in total. The molecule has 0 fully saturated rings. The minimum absolute atomic E-state index is 0.0263. The molecule has 1 atom stereocenters. The van der Waals surface area contributed by atoms with Crippen molar-refractivity contribution in [3.8, 4) is 0 Å². The van der Waals surface area contributed by atoms with E-state index in [4.69, 9.17) is 4.42 Å². The first kappa shape index (κ1) is 12.3. The Bertz CT molecular complexity index is 348. The van der Waals surface area contributed by atoms with Crippen LogP contribution in [0.3, 0.4) is 0 Å². The maximum absolute atomic E-state index is 11.2. The summed E-state index contributed by atoms with van der Waals surface area (Å²) in [7, 11) is 1.21. The summed E-state index contributed by atoms with van der Waals surface area (Å²) >= 11 is 0. The van der Waals surface area contributed by atoms with Crippen molar-refractivity contribution < 1.29 is 24.1 Å². The van der Waals surface area contributed by atoms with Crippen LogP contribution >= 0.6 is 0 Å². The smallest absolute Gasteiger partial charge is 0.413 e. The number of quaternary nitrogens is 1. The second-order valence-corrected chi connectivity index (χ2v) is 3.28. The van der Waals surface area contributed by atoms with E-state index in [1.807, 2.05) is 13.0 Å². The largest absolute Gasteiger partial charge is 0.463 e. The molecule has 1 aromatic heterocycles. The number of ether oxygens (including phenoxy) is 1. The Balaban J connectivity index is 2.29. The number of nitrogens with two attached hydrogens (primary N) is 1. The van der Waals surface area contributed by atoms with Crippen molar-refractivity contribution in [3.05, 3.63) is 24.2 Å². The summed E-state index contributed by atoms with van der Waals surface area (Å²) < 4.78 is 9.47. The van der Waals surface area contributed by atoms with Gasteiger partial charge >= 0.3 is 6.09 Å². The lowest BCUT2D eigenvalue weighted by molar-refractivity contribution is -0.684. The molecule has 6 heteroatoms. The Morgan fingerprint density at radius 1 is 1.62 bits per heavy atom. The molecule has 0 aliphatic carbocycles. The molecule has 0 aliphatic rings. The molecule has 2 amide bonds. The van der Waals surface area contributed by atoms with E-state index in [1.54, 1.807) is 17.6 Å². The van der Waals surface area contributed by atoms with E-state index in [1.165, 1.54) is 7.11 Å². The molecule has 0 bridgehead atoms. The van der Waals surface area contributed by atoms with E-state index < -0.39 is 12.0 Å². The molecule has 0 saturated heterocycles. The highest BCUT2D eigenvalue weighted by atomic mass is 16.5. The summed E-state index contributed by atoms with van der Waals surface area (Å²) in [6.45, 7) is 2.04. The van der Waals surface area contributed by atoms with Crippen molar-refractivity contribution in [1.82, 2.24) is 5.32 Å². The molecule has 88 valence electrons. The predicted molar refractivity (Wildman–Crippen MR) is 54.5 cm³/mol. The molecule has 1 aromatic rings. The number of hydrogen-bond acceptors (Lipinski definition) is 4. The molecule has 1 heterocycles. The highest BCUT2D eigenvalue weighted by molar-refractivity contribution is 5.92. The SMILES string of the molecule is COC(=O)NC(=O)C[NH2+][C@@H](C)c1ccco1. The third kappa shape index (κ3) is 3.74. The Morgan fingerprint density at radius 3 is 2.94 bits per heavy atom. The lowest BCUT2D eigenvalue weighted by Gasteiger charge is -2.07. The maximum atomic E-state index is 11.2. The van der Waals surface area contributed by atoms with E-state index in [0.717, 1.165) is 5.76 Å². The molecule has 0 aromatic carbocycles. The fourth-order valence-electron chi connectivity index (χ4n) is 1.17. The zero-order valence-corrected chi connectivity index (χ0v) is 9.23. The number of amides is 2. The molecule has 0 saturated carbocycles. The summed E-state index contributed by atoms with van der Waals surface area (Å²) in [5.74, 6) is 0.385. The Kier molecular flexibility index (Phi) is 4.53. The lowest BCUT2D eigenvalue weighted by Crippen LogP contribution is -2.87. The van der Waals surface area contributed by atoms with Crippen LogP contribution in [-0.4, -0.2) is 25.7 Å². The van der Waals surface area contributed by atoms with Gasteiger partial charge in [-0.1, -0.05) is 0 Å². The van der Waals surface area contributed by atoms with Crippen LogP contribution in [0.15, 0.2) is 22.8 Å². The van der Waals surface area contributed by atoms with Gasteiger partial charge in [0, 0.05) is 0 Å². The van der Waals surface area contributed by atoms with Crippen LogP contribution < -0.4 is 10.6 Å². The van der Waals surface area contributed by atoms with Gasteiger partial charge in [0.15, 0.2) is 12.3 Å². The monoisotopic (exact) mass is 227 g/mol. The fourth-order valence-corrected chi connectivity index (χ4v) is 1.17. The molecule has 0 spiro atoms. The van der Waals surface area contributed by atoms with Gasteiger partial charge in [-0.25, -0.2) is 4.79 Å². The number of furan rings is 1. The van der Waals surface area contributed by atoms with E-state index in [0.29, 0.717) is 0 Å². The first-order valence-electron chi connectivity index (χ1n) is 4.88. The summed E-state index contributed by atoms with van der Waals surface area (Å²) in [6.07, 6.45) is 0.831. The lowest BCUT2D eigenvalue weighted by atomic mass is 10.2. The Labute approximate surface area is 93.0 Å². The second-order valence-electron chi connectivity index (χ2n) is 3.28. The van der Waals surface area contributed by atoms with Gasteiger partial charge in [-0.15, -0.1) is 0 Å². The van der Waals surface area contributed by atoms with Crippen LogP contribution in [0.4, 0.5) is 4.79 Å². The minimum atomic E-state index is -0.746. The van der Waals surface area contributed by atoms with E-state index in [9.17, 15) is 9.59 Å². The number of carbonyl (C=O) groups is 2. The van der Waals surface area contributed by atoms with Crippen molar-refractivity contribution in [3.63, 3.8) is 0 Å². The van der Waals surface area contributed by atoms with Gasteiger partial charge in [-0.05, 0) is 19.1 Å². The topological polar surface area (TPSA) is 85.1 Å². The number of methoxy groups -OCH3 is 1. The first-order chi connectivity index (χ1) is 7.63. The fraction of sp³-hybridized carbons (Fsp3) is 0.400. The first-order valence-corrected chi connectivity index (χ1v) is 4.88. The maximum Gasteiger partial charge on any atom is 0.413 e. The van der Waals surface area contributed by atoms with Crippen LogP contribution in [0, 0.1) is 0 Å². The van der Waals surface area contributed by atoms with Crippen LogP contribution in [0.2, 0.25) is 0 Å². The number of carbonyl (C=O) groups excluding carboxylic acids is 2. The number of nitrogens with one attached hydrogen (secondary N) is 1. The van der Waals surface area contributed by atoms with Gasteiger partial charge in [0.1, 0.15) is 6.04 Å². The quantitative estimate of drug-likeness (QED) is 0.745. The summed E-state index contributed by atoms with van der Waals surface area (Å²) in [5.41, 5.74) is 0. The normalized spacial score (nSPS) is 11.9. The second kappa shape index (κ2) is 5.92. The number of hydrogen-bond donors (Lipinski definition) is 2. The molecule has 0 aliphatic heterocycles. The average molecular weight is 227 g/mol. The van der Waals surface area contributed by atoms with Gasteiger partial charge in [-0.3, -0.25) is 10.1 Å². The number of rotatable bonds is 4. The minimum Gasteiger partial charge on any atom is -0.463 e. The average Bonchev–Trinajstić information content (AvgIpc) is 2.79. The molecule has 6 nitrogen and oxygen atoms in total. The molecule has 1 rings (SSSR count). The van der Waals surface area contributed by atoms with Crippen LogP contribution in [0.1, 0.15) is 18.7 Å². The van der Waals surface area contributed by atoms with Gasteiger partial charge < -0.3 is 14.5 Å². The molecule has 0 radical (unpaired) electrons. The summed E-state index contributed by atoms with van der Waals surface area (Å²) in [4.78, 5) is 21.9. The van der Waals surface area contributed by atoms with Crippen molar-refractivity contribution in [2.45, 2.75) is 13.0 Å². The van der Waals surface area contributed by atoms with Gasteiger partial charge in [0.2, 0.25) is 0 Å². The van der Waals surface area contributed by atoms with Gasteiger partial charge in [-0.2, -0.15) is 0 Å². The van der Waals surface area contributed by atoms with Crippen molar-refractivity contribution in [2.24, 2.45) is 0 Å². The van der Waals surface area contributed by atoms with Crippen molar-refractivity contribution >= 4 is 12.0 Å². The Hall–Kier alpha value is -1.82. The van der Waals surface area contributed by atoms with E-state index in [-0.39, 0.29) is 12.6 Å². The van der Waals surface area contributed by atoms with Gasteiger partial charge in [0.05, 0.1) is 13.4 Å². The predicted octanol–water partition coefficient (Wildman–Crippen LogP) is -0.213. The van der Waals surface area contributed by atoms with Crippen LogP contribution in [-0.2, 0) is 9.53 Å². The third-order valence-corrected chi connectivity index (χ3v) is 2.08. The van der Waals surface area contributed by atoms with Crippen LogP contribution in [0.5, 0.6) is 0 Å². The van der Waals surface area contributed by atoms with Gasteiger partial charge in [0.25, 0.3) is 5.91 Å². The number of imide groups is 1.